The lowest BCUT2D eigenvalue weighted by Gasteiger charge is -2.14. The Kier molecular flexibility index (Phi) is 6.44. The third kappa shape index (κ3) is 5.27. The fraction of sp³-hybridized carbons (Fsp3) is 0.375. The molecule has 2 rings (SSSR count). The van der Waals surface area contributed by atoms with Crippen molar-refractivity contribution in [1.29, 1.82) is 0 Å². The van der Waals surface area contributed by atoms with Crippen molar-refractivity contribution in [3.05, 3.63) is 35.2 Å². The molecule has 0 radical (unpaired) electrons. The summed E-state index contributed by atoms with van der Waals surface area (Å²) in [6.45, 7) is 3.14. The fourth-order valence-corrected chi connectivity index (χ4v) is 2.10. The van der Waals surface area contributed by atoms with Crippen molar-refractivity contribution >= 4 is 12.0 Å². The van der Waals surface area contributed by atoms with Crippen LogP contribution >= 0.6 is 0 Å². The number of hydrogen-bond acceptors (Lipinski definition) is 6. The van der Waals surface area contributed by atoms with Gasteiger partial charge in [-0.2, -0.15) is 15.0 Å². The maximum absolute atomic E-state index is 12.3. The van der Waals surface area contributed by atoms with Gasteiger partial charge in [0.15, 0.2) is 0 Å². The Morgan fingerprint density at radius 1 is 1.24 bits per heavy atom. The van der Waals surface area contributed by atoms with Crippen LogP contribution in [0.4, 0.5) is 15.1 Å². The van der Waals surface area contributed by atoms with Crippen LogP contribution < -0.4 is 20.1 Å². The largest absolute Gasteiger partial charge is 0.491 e. The molecule has 0 spiro atoms. The van der Waals surface area contributed by atoms with Gasteiger partial charge in [0.2, 0.25) is 5.95 Å². The van der Waals surface area contributed by atoms with Crippen molar-refractivity contribution in [1.82, 2.24) is 20.3 Å². The monoisotopic (exact) mass is 349 g/mol. The number of aromatic nitrogens is 3. The van der Waals surface area contributed by atoms with Crippen molar-refractivity contribution < 1.29 is 18.7 Å². The van der Waals surface area contributed by atoms with Gasteiger partial charge in [-0.3, -0.25) is 5.32 Å². The summed E-state index contributed by atoms with van der Waals surface area (Å²) >= 11 is 0. The van der Waals surface area contributed by atoms with Crippen LogP contribution in [0, 0.1) is 13.8 Å². The Morgan fingerprint density at radius 3 is 2.76 bits per heavy atom. The number of methoxy groups -OCH3 is 1. The van der Waals surface area contributed by atoms with Crippen LogP contribution in [0.2, 0.25) is 0 Å². The van der Waals surface area contributed by atoms with E-state index in [0.29, 0.717) is 11.6 Å². The molecule has 0 aliphatic rings. The molecule has 25 heavy (non-hydrogen) atoms. The molecular weight excluding hydrogens is 329 g/mol. The van der Waals surface area contributed by atoms with Gasteiger partial charge < -0.3 is 14.8 Å². The Balaban J connectivity index is 2.02. The second-order valence-electron chi connectivity index (χ2n) is 5.09. The highest BCUT2D eigenvalue weighted by molar-refractivity contribution is 5.87. The zero-order chi connectivity index (χ0) is 18.2. The van der Waals surface area contributed by atoms with E-state index in [4.69, 9.17) is 9.47 Å². The summed E-state index contributed by atoms with van der Waals surface area (Å²) in [7, 11) is 1.43. The maximum atomic E-state index is 12.3. The number of halogens is 1. The summed E-state index contributed by atoms with van der Waals surface area (Å²) in [5.41, 5.74) is 1.70. The summed E-state index contributed by atoms with van der Waals surface area (Å²) in [4.78, 5) is 24.0. The SMILES string of the molecule is COc1nc(C)nc(NC(=O)NCc2c(C)cccc2OCCF)n1. The molecule has 8 nitrogen and oxygen atoms in total. The van der Waals surface area contributed by atoms with E-state index in [0.717, 1.165) is 11.1 Å². The third-order valence-electron chi connectivity index (χ3n) is 3.26. The first-order chi connectivity index (χ1) is 12.0. The highest BCUT2D eigenvalue weighted by Crippen LogP contribution is 2.22. The number of nitrogens with one attached hydrogen (secondary N) is 2. The van der Waals surface area contributed by atoms with E-state index >= 15 is 0 Å². The van der Waals surface area contributed by atoms with Crippen molar-refractivity contribution in [2.24, 2.45) is 0 Å². The van der Waals surface area contributed by atoms with E-state index in [1.54, 1.807) is 13.0 Å². The second-order valence-corrected chi connectivity index (χ2v) is 5.09. The van der Waals surface area contributed by atoms with Crippen LogP contribution in [0.25, 0.3) is 0 Å². The molecule has 2 amide bonds. The molecule has 0 aliphatic carbocycles. The first kappa shape index (κ1) is 18.4. The molecule has 9 heteroatoms. The van der Waals surface area contributed by atoms with Gasteiger partial charge in [0.05, 0.1) is 7.11 Å². The zero-order valence-electron chi connectivity index (χ0n) is 14.3. The molecular formula is C16H20FN5O3. The number of carbonyl (C=O) groups excluding carboxylic acids is 1. The minimum absolute atomic E-state index is 0.0351. The predicted molar refractivity (Wildman–Crippen MR) is 89.6 cm³/mol. The number of aryl methyl sites for hydroxylation is 2. The lowest BCUT2D eigenvalue weighted by molar-refractivity contribution is 0.250. The molecule has 1 aromatic carbocycles. The van der Waals surface area contributed by atoms with Crippen molar-refractivity contribution in [3.63, 3.8) is 0 Å². The van der Waals surface area contributed by atoms with Crippen LogP contribution in [-0.2, 0) is 6.54 Å². The number of nitrogens with zero attached hydrogens (tertiary/aromatic N) is 3. The smallest absolute Gasteiger partial charge is 0.321 e. The fourth-order valence-electron chi connectivity index (χ4n) is 2.10. The quantitative estimate of drug-likeness (QED) is 0.795. The molecule has 0 unspecified atom stereocenters. The summed E-state index contributed by atoms with van der Waals surface area (Å²) < 4.78 is 22.6. The molecule has 134 valence electrons. The Hall–Kier alpha value is -2.97. The lowest BCUT2D eigenvalue weighted by atomic mass is 10.1. The number of alkyl halides is 1. The molecule has 2 N–H and O–H groups in total. The number of amides is 2. The number of ether oxygens (including phenoxy) is 2. The normalized spacial score (nSPS) is 10.2. The standard InChI is InChI=1S/C16H20FN5O3/c1-10-5-4-6-13(25-8-7-17)12(10)9-18-15(23)21-14-19-11(2)20-16(22-14)24-3/h4-6H,7-9H2,1-3H3,(H2,18,19,20,21,22,23). The van der Waals surface area contributed by atoms with Crippen molar-refractivity contribution in [2.45, 2.75) is 20.4 Å². The van der Waals surface area contributed by atoms with Gasteiger partial charge in [-0.1, -0.05) is 12.1 Å². The van der Waals surface area contributed by atoms with Crippen LogP contribution in [-0.4, -0.2) is 41.4 Å². The van der Waals surface area contributed by atoms with E-state index < -0.39 is 12.7 Å². The van der Waals surface area contributed by atoms with E-state index in [1.807, 2.05) is 19.1 Å². The second kappa shape index (κ2) is 8.76. The summed E-state index contributed by atoms with van der Waals surface area (Å²) in [6, 6.07) is 5.05. The first-order valence-electron chi connectivity index (χ1n) is 7.62. The third-order valence-corrected chi connectivity index (χ3v) is 3.26. The molecule has 0 atom stereocenters. The highest BCUT2D eigenvalue weighted by atomic mass is 19.1. The Morgan fingerprint density at radius 2 is 2.04 bits per heavy atom. The molecule has 1 heterocycles. The van der Waals surface area contributed by atoms with Gasteiger partial charge in [0.1, 0.15) is 24.9 Å². The van der Waals surface area contributed by atoms with Gasteiger partial charge in [-0.25, -0.2) is 9.18 Å². The molecule has 1 aromatic heterocycles. The average molecular weight is 349 g/mol. The zero-order valence-corrected chi connectivity index (χ0v) is 14.3. The van der Waals surface area contributed by atoms with E-state index in [9.17, 15) is 9.18 Å². The minimum atomic E-state index is -0.581. The van der Waals surface area contributed by atoms with Crippen LogP contribution in [0.15, 0.2) is 18.2 Å². The van der Waals surface area contributed by atoms with E-state index in [1.165, 1.54) is 7.11 Å². The topological polar surface area (TPSA) is 98.3 Å². The predicted octanol–water partition coefficient (Wildman–Crippen LogP) is 2.17. The van der Waals surface area contributed by atoms with E-state index in [-0.39, 0.29) is 25.1 Å². The van der Waals surface area contributed by atoms with Crippen molar-refractivity contribution in [3.8, 4) is 11.8 Å². The Bertz CT molecular complexity index is 742. The number of urea groups is 1. The summed E-state index contributed by atoms with van der Waals surface area (Å²) in [5, 5.41) is 5.21. The van der Waals surface area contributed by atoms with Gasteiger partial charge in [-0.15, -0.1) is 0 Å². The molecule has 0 bridgehead atoms. The van der Waals surface area contributed by atoms with Crippen LogP contribution in [0.1, 0.15) is 17.0 Å². The number of benzene rings is 1. The summed E-state index contributed by atoms with van der Waals surface area (Å²) in [6.07, 6.45) is 0. The highest BCUT2D eigenvalue weighted by Gasteiger charge is 2.11. The van der Waals surface area contributed by atoms with Crippen LogP contribution in [0.5, 0.6) is 11.8 Å². The number of rotatable bonds is 7. The van der Waals surface area contributed by atoms with Crippen molar-refractivity contribution in [2.75, 3.05) is 25.7 Å². The lowest BCUT2D eigenvalue weighted by Crippen LogP contribution is -2.29. The minimum Gasteiger partial charge on any atom is -0.491 e. The first-order valence-corrected chi connectivity index (χ1v) is 7.62. The maximum Gasteiger partial charge on any atom is 0.321 e. The summed E-state index contributed by atoms with van der Waals surface area (Å²) in [5.74, 6) is 1.04. The molecule has 0 fully saturated rings. The number of anilines is 1. The molecule has 0 saturated heterocycles. The van der Waals surface area contributed by atoms with E-state index in [2.05, 4.69) is 25.6 Å². The van der Waals surface area contributed by atoms with Gasteiger partial charge in [0, 0.05) is 12.1 Å². The number of hydrogen-bond donors (Lipinski definition) is 2. The van der Waals surface area contributed by atoms with Gasteiger partial charge in [0.25, 0.3) is 0 Å². The molecule has 2 aromatic rings. The van der Waals surface area contributed by atoms with Gasteiger partial charge >= 0.3 is 12.0 Å². The van der Waals surface area contributed by atoms with Crippen LogP contribution in [0.3, 0.4) is 0 Å². The molecule has 0 aliphatic heterocycles. The molecule has 0 saturated carbocycles. The average Bonchev–Trinajstić information content (AvgIpc) is 2.58. The Labute approximate surface area is 144 Å². The van der Waals surface area contributed by atoms with Gasteiger partial charge in [-0.05, 0) is 25.5 Å². The number of carbonyl (C=O) groups is 1.